The van der Waals surface area contributed by atoms with Gasteiger partial charge in [0.15, 0.2) is 0 Å². The van der Waals surface area contributed by atoms with Gasteiger partial charge in [-0.15, -0.1) is 0 Å². The lowest BCUT2D eigenvalue weighted by Crippen LogP contribution is -2.27. The molecule has 1 amide bonds. The molecule has 8 nitrogen and oxygen atoms in total. The Morgan fingerprint density at radius 2 is 1.78 bits per heavy atom. The zero-order chi connectivity index (χ0) is 31.5. The number of nitrogens with two attached hydrogens (primary N) is 3. The van der Waals surface area contributed by atoms with Gasteiger partial charge < -0.3 is 22.1 Å². The number of hydrogen-bond acceptors (Lipinski definition) is 7. The summed E-state index contributed by atoms with van der Waals surface area (Å²) in [5.74, 6) is 4.14. The lowest BCUT2D eigenvalue weighted by molar-refractivity contribution is -0.140. The van der Waals surface area contributed by atoms with Crippen molar-refractivity contribution in [1.82, 2.24) is 10.3 Å². The van der Waals surface area contributed by atoms with Gasteiger partial charge in [-0.05, 0) is 57.0 Å². The first kappa shape index (κ1) is 34.9. The molecule has 1 rings (SSSR count). The van der Waals surface area contributed by atoms with Crippen molar-refractivity contribution in [3.8, 4) is 0 Å². The van der Waals surface area contributed by atoms with Gasteiger partial charge in [-0.2, -0.15) is 13.2 Å². The van der Waals surface area contributed by atoms with E-state index in [0.29, 0.717) is 22.9 Å². The van der Waals surface area contributed by atoms with E-state index in [-0.39, 0.29) is 40.8 Å². The molecule has 0 aliphatic rings. The van der Waals surface area contributed by atoms with E-state index in [1.54, 1.807) is 47.6 Å². The Kier molecular flexibility index (Phi) is 13.3. The van der Waals surface area contributed by atoms with E-state index < -0.39 is 23.5 Å². The highest BCUT2D eigenvalue weighted by atomic mass is 19.4. The number of halogens is 4. The Bertz CT molecular complexity index is 1300. The first-order chi connectivity index (χ1) is 19.0. The molecule has 1 aromatic carbocycles. The number of rotatable bonds is 12. The summed E-state index contributed by atoms with van der Waals surface area (Å²) in [7, 11) is 0. The number of hydrazine groups is 1. The van der Waals surface area contributed by atoms with Crippen LogP contribution in [0, 0.1) is 5.82 Å². The van der Waals surface area contributed by atoms with Gasteiger partial charge in [-0.3, -0.25) is 14.8 Å². The van der Waals surface area contributed by atoms with E-state index >= 15 is 0 Å². The lowest BCUT2D eigenvalue weighted by atomic mass is 10.1. The zero-order valence-corrected chi connectivity index (χ0v) is 24.2. The maximum atomic E-state index is 14.7. The summed E-state index contributed by atoms with van der Waals surface area (Å²) in [5, 5.41) is 6.54. The fraction of sp³-hybridized carbons (Fsp3) is 0.310. The molecule has 41 heavy (non-hydrogen) atoms. The Labute approximate surface area is 238 Å². The molecule has 8 N–H and O–H groups in total. The second kappa shape index (κ2) is 15.6. The van der Waals surface area contributed by atoms with Crippen molar-refractivity contribution in [2.75, 3.05) is 5.32 Å². The number of anilines is 1. The van der Waals surface area contributed by atoms with Crippen molar-refractivity contribution < 1.29 is 22.4 Å². The van der Waals surface area contributed by atoms with Gasteiger partial charge in [0.2, 0.25) is 0 Å². The van der Waals surface area contributed by atoms with Crippen molar-refractivity contribution in [1.29, 1.82) is 0 Å². The predicted molar refractivity (Wildman–Crippen MR) is 157 cm³/mol. The van der Waals surface area contributed by atoms with Crippen LogP contribution in [0.1, 0.15) is 52.7 Å². The molecule has 0 aliphatic heterocycles. The predicted octanol–water partition coefficient (Wildman–Crippen LogP) is 5.50. The van der Waals surface area contributed by atoms with Crippen LogP contribution in [0.2, 0.25) is 0 Å². The SMILES string of the molecule is C=C(N)\C=N/C=C(C)/C(N)=C/N(N)C(=C/C(=C\C)C(=O)Nc1cc(CNC(C)C)c(F)c(C(F)(F)F)c1)/C(C)=C\C. The Hall–Kier alpha value is -4.16. The van der Waals surface area contributed by atoms with Gasteiger partial charge in [-0.25, -0.2) is 10.2 Å². The van der Waals surface area contributed by atoms with Crippen molar-refractivity contribution in [3.63, 3.8) is 0 Å². The summed E-state index contributed by atoms with van der Waals surface area (Å²) in [5.41, 5.74) is 11.9. The van der Waals surface area contributed by atoms with Gasteiger partial charge in [0.05, 0.1) is 17.0 Å². The van der Waals surface area contributed by atoms with Crippen LogP contribution in [-0.4, -0.2) is 23.2 Å². The van der Waals surface area contributed by atoms with Gasteiger partial charge in [-0.1, -0.05) is 32.6 Å². The number of alkyl halides is 3. The molecule has 0 bridgehead atoms. The number of nitrogens with one attached hydrogen (secondary N) is 2. The van der Waals surface area contributed by atoms with Gasteiger partial charge in [0.25, 0.3) is 5.91 Å². The molecular formula is C29H39F4N7O. The van der Waals surface area contributed by atoms with Gasteiger partial charge in [0, 0.05) is 53.7 Å². The highest BCUT2D eigenvalue weighted by Crippen LogP contribution is 2.35. The maximum Gasteiger partial charge on any atom is 0.419 e. The van der Waals surface area contributed by atoms with Gasteiger partial charge >= 0.3 is 6.18 Å². The molecule has 0 saturated heterocycles. The second-order valence-corrected chi connectivity index (χ2v) is 9.39. The maximum absolute atomic E-state index is 14.7. The highest BCUT2D eigenvalue weighted by Gasteiger charge is 2.35. The number of benzene rings is 1. The van der Waals surface area contributed by atoms with E-state index in [0.717, 1.165) is 0 Å². The van der Waals surface area contributed by atoms with Crippen LogP contribution in [0.3, 0.4) is 0 Å². The number of carbonyl (C=O) groups is 1. The largest absolute Gasteiger partial charge is 0.419 e. The van der Waals surface area contributed by atoms with Crippen LogP contribution in [0.25, 0.3) is 0 Å². The fourth-order valence-electron chi connectivity index (χ4n) is 3.22. The summed E-state index contributed by atoms with van der Waals surface area (Å²) in [6.07, 6.45) is 3.97. The lowest BCUT2D eigenvalue weighted by Gasteiger charge is -2.21. The monoisotopic (exact) mass is 577 g/mol. The summed E-state index contributed by atoms with van der Waals surface area (Å²) in [6, 6.07) is 1.64. The molecule has 0 heterocycles. The molecule has 0 spiro atoms. The first-order valence-corrected chi connectivity index (χ1v) is 12.6. The summed E-state index contributed by atoms with van der Waals surface area (Å²) >= 11 is 0. The first-order valence-electron chi connectivity index (χ1n) is 12.6. The number of carbonyl (C=O) groups excluding carboxylic acids is 1. The molecule has 224 valence electrons. The van der Waals surface area contributed by atoms with Gasteiger partial charge in [0.1, 0.15) is 5.82 Å². The molecule has 0 fully saturated rings. The topological polar surface area (TPSA) is 135 Å². The molecule has 1 aromatic rings. The highest BCUT2D eigenvalue weighted by molar-refractivity contribution is 6.06. The smallest absolute Gasteiger partial charge is 0.398 e. The van der Waals surface area contributed by atoms with Crippen molar-refractivity contribution in [3.05, 3.63) is 100 Å². The summed E-state index contributed by atoms with van der Waals surface area (Å²) in [4.78, 5) is 17.2. The second-order valence-electron chi connectivity index (χ2n) is 9.39. The van der Waals surface area contributed by atoms with E-state index in [1.807, 2.05) is 0 Å². The van der Waals surface area contributed by atoms with Crippen molar-refractivity contribution in [2.45, 2.75) is 60.3 Å². The average molecular weight is 578 g/mol. The van der Waals surface area contributed by atoms with Crippen LogP contribution in [0.15, 0.2) is 88.1 Å². The number of nitrogens with zero attached hydrogens (tertiary/aromatic N) is 2. The van der Waals surface area contributed by atoms with E-state index in [4.69, 9.17) is 17.3 Å². The van der Waals surface area contributed by atoms with E-state index in [1.165, 1.54) is 41.8 Å². The quantitative estimate of drug-likeness (QED) is 0.0556. The zero-order valence-electron chi connectivity index (χ0n) is 24.2. The molecule has 0 atom stereocenters. The number of aliphatic imine (C=N–C) groups is 1. The Morgan fingerprint density at radius 1 is 1.15 bits per heavy atom. The third-order valence-electron chi connectivity index (χ3n) is 5.63. The van der Waals surface area contributed by atoms with Crippen LogP contribution >= 0.6 is 0 Å². The standard InChI is InChI=1S/C29H39F4N7O/c1-8-18(5)26(40(36)16-25(35)19(6)13-37-14-20(7)34)11-21(9-2)28(41)39-23-10-22(15-38-17(3)4)27(30)24(12-23)29(31,32)33/h8-14,16-17,38H,7,15,34-36H2,1-6H3,(H,39,41)/b18-8-,19-13+,21-9+,25-16-,26-11+,37-14-. The minimum Gasteiger partial charge on any atom is -0.398 e. The number of amides is 1. The van der Waals surface area contributed by atoms with E-state index in [2.05, 4.69) is 22.2 Å². The molecule has 0 unspecified atom stereocenters. The summed E-state index contributed by atoms with van der Waals surface area (Å²) < 4.78 is 55.4. The van der Waals surface area contributed by atoms with Crippen LogP contribution in [0.4, 0.5) is 23.2 Å². The third-order valence-corrected chi connectivity index (χ3v) is 5.63. The molecule has 0 saturated carbocycles. The molecule has 0 aliphatic carbocycles. The summed E-state index contributed by atoms with van der Waals surface area (Å²) in [6.45, 7) is 13.7. The molecule has 0 aromatic heterocycles. The number of hydrogen-bond donors (Lipinski definition) is 5. The Morgan fingerprint density at radius 3 is 2.29 bits per heavy atom. The Balaban J connectivity index is 3.45. The normalized spacial score (nSPS) is 14.2. The molecule has 0 radical (unpaired) electrons. The minimum atomic E-state index is -4.96. The van der Waals surface area contributed by atoms with Crippen molar-refractivity contribution in [2.24, 2.45) is 22.3 Å². The van der Waals surface area contributed by atoms with Crippen LogP contribution < -0.4 is 27.9 Å². The molecular weight excluding hydrogens is 538 g/mol. The third kappa shape index (κ3) is 11.1. The fourth-order valence-corrected chi connectivity index (χ4v) is 3.22. The van der Waals surface area contributed by atoms with E-state index in [9.17, 15) is 22.4 Å². The number of allylic oxidation sites excluding steroid dienone is 5. The van der Waals surface area contributed by atoms with Crippen LogP contribution in [-0.2, 0) is 17.5 Å². The average Bonchev–Trinajstić information content (AvgIpc) is 2.87. The molecule has 12 heteroatoms. The van der Waals surface area contributed by atoms with Crippen LogP contribution in [0.5, 0.6) is 0 Å². The minimum absolute atomic E-state index is 0.0849. The van der Waals surface area contributed by atoms with Crippen molar-refractivity contribution >= 4 is 17.8 Å².